The lowest BCUT2D eigenvalue weighted by molar-refractivity contribution is 0.230. The summed E-state index contributed by atoms with van der Waals surface area (Å²) < 4.78 is 18.8. The molecule has 0 saturated carbocycles. The van der Waals surface area contributed by atoms with Crippen LogP contribution in [0.1, 0.15) is 32.8 Å². The molecule has 102 valence electrons. The first-order chi connectivity index (χ1) is 8.48. The summed E-state index contributed by atoms with van der Waals surface area (Å²) in [5.74, 6) is -0.0491. The maximum Gasteiger partial charge on any atom is 0.165 e. The monoisotopic (exact) mass is 255 g/mol. The van der Waals surface area contributed by atoms with E-state index >= 15 is 0 Å². The Bertz CT molecular complexity index is 380. The molecular weight excluding hydrogens is 233 g/mol. The van der Waals surface area contributed by atoms with E-state index in [9.17, 15) is 4.39 Å². The van der Waals surface area contributed by atoms with Gasteiger partial charge in [0.1, 0.15) is 0 Å². The highest BCUT2D eigenvalue weighted by molar-refractivity contribution is 5.29. The molecule has 0 amide bonds. The van der Waals surface area contributed by atoms with Crippen molar-refractivity contribution in [2.45, 2.75) is 39.3 Å². The van der Waals surface area contributed by atoms with Gasteiger partial charge in [-0.3, -0.25) is 0 Å². The van der Waals surface area contributed by atoms with Gasteiger partial charge in [0.05, 0.1) is 6.61 Å². The normalized spacial score (nSPS) is 11.6. The third-order valence-electron chi connectivity index (χ3n) is 2.80. The van der Waals surface area contributed by atoms with Crippen LogP contribution in [0.4, 0.5) is 4.39 Å². The van der Waals surface area contributed by atoms with Gasteiger partial charge >= 0.3 is 0 Å². The first kappa shape index (κ1) is 14.9. The van der Waals surface area contributed by atoms with Crippen LogP contribution in [0.5, 0.6) is 5.75 Å². The second-order valence-electron chi connectivity index (χ2n) is 4.91. The average Bonchev–Trinajstić information content (AvgIpc) is 2.30. The molecule has 1 rings (SSSR count). The lowest BCUT2D eigenvalue weighted by Gasteiger charge is -2.25. The summed E-state index contributed by atoms with van der Waals surface area (Å²) >= 11 is 0. The van der Waals surface area contributed by atoms with Gasteiger partial charge in [-0.25, -0.2) is 4.39 Å². The van der Waals surface area contributed by atoms with Crippen LogP contribution in [-0.4, -0.2) is 23.9 Å². The van der Waals surface area contributed by atoms with Gasteiger partial charge in [0.2, 0.25) is 0 Å². The number of hydrogen-bond acceptors (Lipinski definition) is 3. The van der Waals surface area contributed by atoms with Gasteiger partial charge in [-0.1, -0.05) is 6.07 Å². The van der Waals surface area contributed by atoms with Crippen LogP contribution in [0.15, 0.2) is 18.2 Å². The van der Waals surface area contributed by atoms with Gasteiger partial charge in [0, 0.05) is 18.7 Å². The maximum absolute atomic E-state index is 13.6. The van der Waals surface area contributed by atoms with E-state index in [0.717, 1.165) is 5.56 Å². The van der Waals surface area contributed by atoms with E-state index in [1.165, 1.54) is 6.07 Å². The maximum atomic E-state index is 13.6. The Morgan fingerprint density at radius 3 is 2.67 bits per heavy atom. The lowest BCUT2D eigenvalue weighted by Crippen LogP contribution is -2.39. The number of benzene rings is 1. The molecule has 0 aliphatic heterocycles. The summed E-state index contributed by atoms with van der Waals surface area (Å²) in [6.07, 6.45) is 0.659. The Kier molecular flexibility index (Phi) is 5.56. The minimum absolute atomic E-state index is 0.137. The Balaban J connectivity index is 2.61. The fourth-order valence-corrected chi connectivity index (χ4v) is 1.64. The largest absolute Gasteiger partial charge is 0.491 e. The van der Waals surface area contributed by atoms with Crippen LogP contribution < -0.4 is 10.1 Å². The molecule has 3 nitrogen and oxygen atoms in total. The number of aliphatic hydroxyl groups is 1. The van der Waals surface area contributed by atoms with Crippen LogP contribution in [-0.2, 0) is 6.54 Å². The molecule has 0 spiro atoms. The molecule has 0 saturated heterocycles. The molecule has 0 unspecified atom stereocenters. The van der Waals surface area contributed by atoms with E-state index in [1.54, 1.807) is 6.07 Å². The molecule has 1 aromatic rings. The number of aliphatic hydroxyl groups excluding tert-OH is 1. The molecule has 0 heterocycles. The van der Waals surface area contributed by atoms with Gasteiger partial charge in [-0.2, -0.15) is 0 Å². The van der Waals surface area contributed by atoms with E-state index in [1.807, 2.05) is 26.8 Å². The van der Waals surface area contributed by atoms with Crippen LogP contribution in [0.2, 0.25) is 0 Å². The summed E-state index contributed by atoms with van der Waals surface area (Å²) in [4.78, 5) is 0. The molecule has 2 N–H and O–H groups in total. The molecule has 0 bridgehead atoms. The molecule has 0 radical (unpaired) electrons. The molecule has 0 aliphatic carbocycles. The zero-order valence-electron chi connectivity index (χ0n) is 11.3. The highest BCUT2D eigenvalue weighted by Crippen LogP contribution is 2.19. The third kappa shape index (κ3) is 4.63. The lowest BCUT2D eigenvalue weighted by atomic mass is 10.0. The molecule has 18 heavy (non-hydrogen) atoms. The number of rotatable bonds is 7. The first-order valence-corrected chi connectivity index (χ1v) is 6.25. The van der Waals surface area contributed by atoms with Crippen LogP contribution >= 0.6 is 0 Å². The predicted molar refractivity (Wildman–Crippen MR) is 70.2 cm³/mol. The second kappa shape index (κ2) is 6.71. The van der Waals surface area contributed by atoms with Gasteiger partial charge in [-0.15, -0.1) is 0 Å². The summed E-state index contributed by atoms with van der Waals surface area (Å²) in [7, 11) is 0. The fraction of sp³-hybridized carbons (Fsp3) is 0.571. The first-order valence-electron chi connectivity index (χ1n) is 6.25. The summed E-state index contributed by atoms with van der Waals surface area (Å²) in [6, 6.07) is 4.97. The van der Waals surface area contributed by atoms with Crippen LogP contribution in [0.25, 0.3) is 0 Å². The van der Waals surface area contributed by atoms with Crippen molar-refractivity contribution in [3.63, 3.8) is 0 Å². The Hall–Kier alpha value is -1.13. The zero-order valence-corrected chi connectivity index (χ0v) is 11.3. The van der Waals surface area contributed by atoms with Crippen molar-refractivity contribution in [2.24, 2.45) is 0 Å². The van der Waals surface area contributed by atoms with Crippen molar-refractivity contribution in [3.8, 4) is 5.75 Å². The van der Waals surface area contributed by atoms with Gasteiger partial charge in [0.15, 0.2) is 11.6 Å². The smallest absolute Gasteiger partial charge is 0.165 e. The van der Waals surface area contributed by atoms with Crippen LogP contribution in [0.3, 0.4) is 0 Å². The van der Waals surface area contributed by atoms with Gasteiger partial charge in [0.25, 0.3) is 0 Å². The van der Waals surface area contributed by atoms with Crippen molar-refractivity contribution in [1.29, 1.82) is 0 Å². The summed E-state index contributed by atoms with van der Waals surface area (Å²) in [6.45, 7) is 7.00. The van der Waals surface area contributed by atoms with Crippen molar-refractivity contribution >= 4 is 0 Å². The minimum atomic E-state index is -0.337. The number of hydrogen-bond donors (Lipinski definition) is 2. The van der Waals surface area contributed by atoms with E-state index in [4.69, 9.17) is 9.84 Å². The Morgan fingerprint density at radius 2 is 2.11 bits per heavy atom. The van der Waals surface area contributed by atoms with Gasteiger partial charge < -0.3 is 15.2 Å². The molecule has 0 aliphatic rings. The molecular formula is C14H22FNO2. The number of ether oxygens (including phenoxy) is 1. The number of halogens is 1. The fourth-order valence-electron chi connectivity index (χ4n) is 1.64. The minimum Gasteiger partial charge on any atom is -0.491 e. The van der Waals surface area contributed by atoms with E-state index < -0.39 is 0 Å². The van der Waals surface area contributed by atoms with Gasteiger partial charge in [-0.05, 0) is 44.9 Å². The highest BCUT2D eigenvalue weighted by Gasteiger charge is 2.16. The molecule has 0 aromatic heterocycles. The highest BCUT2D eigenvalue weighted by atomic mass is 19.1. The number of nitrogens with one attached hydrogen (secondary N) is 1. The predicted octanol–water partition coefficient (Wildman–Crippen LogP) is 2.48. The molecule has 0 atom stereocenters. The van der Waals surface area contributed by atoms with Crippen LogP contribution in [0, 0.1) is 5.82 Å². The molecule has 4 heteroatoms. The molecule has 1 aromatic carbocycles. The second-order valence-corrected chi connectivity index (χ2v) is 4.91. The average molecular weight is 255 g/mol. The van der Waals surface area contributed by atoms with Crippen molar-refractivity contribution in [2.75, 3.05) is 13.2 Å². The van der Waals surface area contributed by atoms with E-state index in [-0.39, 0.29) is 23.7 Å². The summed E-state index contributed by atoms with van der Waals surface area (Å²) in [5.41, 5.74) is 0.700. The van der Waals surface area contributed by atoms with Crippen molar-refractivity contribution in [1.82, 2.24) is 5.32 Å². The van der Waals surface area contributed by atoms with E-state index in [0.29, 0.717) is 19.6 Å². The topological polar surface area (TPSA) is 41.5 Å². The summed E-state index contributed by atoms with van der Waals surface area (Å²) in [5, 5.41) is 12.2. The Morgan fingerprint density at radius 1 is 1.39 bits per heavy atom. The zero-order chi connectivity index (χ0) is 13.6. The van der Waals surface area contributed by atoms with E-state index in [2.05, 4.69) is 5.32 Å². The third-order valence-corrected chi connectivity index (χ3v) is 2.80. The standard InChI is InChI=1S/C14H22FNO2/c1-4-18-13-6-5-11(9-12(13)15)10-16-14(2,3)7-8-17/h5-6,9,16-17H,4,7-8,10H2,1-3H3. The SMILES string of the molecule is CCOc1ccc(CNC(C)(C)CCO)cc1F. The quantitative estimate of drug-likeness (QED) is 0.786. The van der Waals surface area contributed by atoms with Crippen molar-refractivity contribution < 1.29 is 14.2 Å². The Labute approximate surface area is 108 Å². The van der Waals surface area contributed by atoms with Crippen molar-refractivity contribution in [3.05, 3.63) is 29.6 Å². The molecule has 0 fully saturated rings.